The van der Waals surface area contributed by atoms with Crippen molar-refractivity contribution < 1.29 is 18.7 Å². The lowest BCUT2D eigenvalue weighted by Crippen LogP contribution is -2.32. The highest BCUT2D eigenvalue weighted by atomic mass is 32.2. The van der Waals surface area contributed by atoms with Gasteiger partial charge in [0.1, 0.15) is 16.8 Å². The molecule has 0 spiro atoms. The first-order valence-corrected chi connectivity index (χ1v) is 9.07. The number of thioether (sulfide) groups is 1. The van der Waals surface area contributed by atoms with Crippen molar-refractivity contribution in [3.05, 3.63) is 54.3 Å². The zero-order valence-electron chi connectivity index (χ0n) is 14.8. The van der Waals surface area contributed by atoms with Gasteiger partial charge in [-0.25, -0.2) is 9.29 Å². The number of halogens is 1. The van der Waals surface area contributed by atoms with Gasteiger partial charge in [-0.2, -0.15) is 0 Å². The van der Waals surface area contributed by atoms with Crippen LogP contribution in [0.15, 0.2) is 53.5 Å². The summed E-state index contributed by atoms with van der Waals surface area (Å²) in [5, 5.41) is 2.93. The second kappa shape index (κ2) is 8.22. The predicted octanol–water partition coefficient (Wildman–Crippen LogP) is 3.30. The smallest absolute Gasteiger partial charge is 0.247 e. The third-order valence-corrected chi connectivity index (χ3v) is 5.16. The van der Waals surface area contributed by atoms with E-state index in [2.05, 4.69) is 10.3 Å². The summed E-state index contributed by atoms with van der Waals surface area (Å²) >= 11 is 1.15. The van der Waals surface area contributed by atoms with Crippen LogP contribution in [0.3, 0.4) is 0 Å². The fourth-order valence-corrected chi connectivity index (χ4v) is 3.64. The molecule has 0 bridgehead atoms. The number of aliphatic imine (C=N–C) groups is 1. The van der Waals surface area contributed by atoms with E-state index in [4.69, 9.17) is 4.74 Å². The molecule has 8 heteroatoms. The number of nitrogens with zero attached hydrogens (tertiary/aromatic N) is 2. The molecule has 1 aliphatic heterocycles. The van der Waals surface area contributed by atoms with Gasteiger partial charge in [-0.05, 0) is 36.4 Å². The number of rotatable bonds is 4. The molecular formula is C19H18FN3O3S. The maximum atomic E-state index is 14.0. The lowest BCUT2D eigenvalue weighted by Gasteiger charge is -2.16. The second-order valence-electron chi connectivity index (χ2n) is 5.71. The van der Waals surface area contributed by atoms with Gasteiger partial charge in [-0.1, -0.05) is 23.9 Å². The Bertz CT molecular complexity index is 886. The highest BCUT2D eigenvalue weighted by Crippen LogP contribution is 2.32. The number of hydrogen-bond donors (Lipinski definition) is 1. The van der Waals surface area contributed by atoms with Crippen molar-refractivity contribution >= 4 is 40.1 Å². The second-order valence-corrected chi connectivity index (χ2v) is 6.90. The molecular weight excluding hydrogens is 369 g/mol. The van der Waals surface area contributed by atoms with E-state index in [1.807, 2.05) is 12.1 Å². The highest BCUT2D eigenvalue weighted by Gasteiger charge is 2.41. The molecule has 1 N–H and O–H groups in total. The minimum Gasteiger partial charge on any atom is -0.497 e. The Morgan fingerprint density at radius 3 is 2.56 bits per heavy atom. The minimum atomic E-state index is -0.665. The summed E-state index contributed by atoms with van der Waals surface area (Å²) in [5.74, 6) is -0.763. The predicted molar refractivity (Wildman–Crippen MR) is 105 cm³/mol. The Hall–Kier alpha value is -2.87. The minimum absolute atomic E-state index is 0.0128. The van der Waals surface area contributed by atoms with Crippen molar-refractivity contribution in [3.8, 4) is 5.75 Å². The van der Waals surface area contributed by atoms with Crippen molar-refractivity contribution in [1.29, 1.82) is 0 Å². The van der Waals surface area contributed by atoms with Crippen LogP contribution in [0.5, 0.6) is 5.75 Å². The number of para-hydroxylation sites is 1. The molecule has 1 aliphatic rings. The van der Waals surface area contributed by atoms with Crippen molar-refractivity contribution in [2.75, 3.05) is 24.4 Å². The van der Waals surface area contributed by atoms with Gasteiger partial charge in [0.05, 0.1) is 12.8 Å². The lowest BCUT2D eigenvalue weighted by molar-refractivity contribution is -0.121. The quantitative estimate of drug-likeness (QED) is 0.495. The molecule has 3 rings (SSSR count). The molecule has 1 unspecified atom stereocenters. The molecule has 1 atom stereocenters. The number of amidine groups is 1. The number of nitrogens with one attached hydrogen (secondary N) is 1. The zero-order valence-corrected chi connectivity index (χ0v) is 15.6. The molecule has 0 radical (unpaired) electrons. The van der Waals surface area contributed by atoms with Crippen LogP contribution in [0.25, 0.3) is 0 Å². The van der Waals surface area contributed by atoms with Crippen molar-refractivity contribution in [2.45, 2.75) is 11.7 Å². The SMILES string of the molecule is CN=C(Nc1ccc(OC)cc1)SC1CC(=O)N(c2ccccc2F)C1=O. The number of carbonyl (C=O) groups is 2. The van der Waals surface area contributed by atoms with Crippen molar-refractivity contribution in [1.82, 2.24) is 0 Å². The van der Waals surface area contributed by atoms with Gasteiger partial charge < -0.3 is 10.1 Å². The normalized spacial score (nSPS) is 17.4. The molecule has 0 aromatic heterocycles. The summed E-state index contributed by atoms with van der Waals surface area (Å²) in [6, 6.07) is 13.0. The summed E-state index contributed by atoms with van der Waals surface area (Å²) in [7, 11) is 3.18. The van der Waals surface area contributed by atoms with Crippen LogP contribution in [0.1, 0.15) is 6.42 Å². The summed E-state index contributed by atoms with van der Waals surface area (Å²) in [6.45, 7) is 0. The average molecular weight is 387 g/mol. The molecule has 0 saturated carbocycles. The van der Waals surface area contributed by atoms with E-state index in [-0.39, 0.29) is 12.1 Å². The Labute approximate surface area is 160 Å². The maximum Gasteiger partial charge on any atom is 0.247 e. The lowest BCUT2D eigenvalue weighted by atomic mass is 10.3. The summed E-state index contributed by atoms with van der Waals surface area (Å²) < 4.78 is 19.1. The molecule has 6 nitrogen and oxygen atoms in total. The fraction of sp³-hybridized carbons (Fsp3) is 0.211. The van der Waals surface area contributed by atoms with E-state index in [0.29, 0.717) is 5.17 Å². The van der Waals surface area contributed by atoms with Gasteiger partial charge in [0, 0.05) is 19.2 Å². The van der Waals surface area contributed by atoms with Crippen LogP contribution in [0.4, 0.5) is 15.8 Å². The van der Waals surface area contributed by atoms with Crippen LogP contribution >= 0.6 is 11.8 Å². The van der Waals surface area contributed by atoms with Gasteiger partial charge in [0.2, 0.25) is 11.8 Å². The molecule has 2 aromatic rings. The number of ether oxygens (including phenoxy) is 1. The molecule has 2 amide bonds. The van der Waals surface area contributed by atoms with Crippen LogP contribution in [0, 0.1) is 5.82 Å². The van der Waals surface area contributed by atoms with E-state index in [1.165, 1.54) is 18.2 Å². The van der Waals surface area contributed by atoms with E-state index >= 15 is 0 Å². The van der Waals surface area contributed by atoms with Crippen molar-refractivity contribution in [2.24, 2.45) is 4.99 Å². The Balaban J connectivity index is 1.71. The molecule has 27 heavy (non-hydrogen) atoms. The van der Waals surface area contributed by atoms with Crippen molar-refractivity contribution in [3.63, 3.8) is 0 Å². The van der Waals surface area contributed by atoms with E-state index in [0.717, 1.165) is 28.1 Å². The Morgan fingerprint density at radius 2 is 1.93 bits per heavy atom. The van der Waals surface area contributed by atoms with Crippen LogP contribution in [-0.2, 0) is 9.59 Å². The van der Waals surface area contributed by atoms with Gasteiger partial charge in [-0.3, -0.25) is 14.6 Å². The number of benzene rings is 2. The fourth-order valence-electron chi connectivity index (χ4n) is 2.65. The van der Waals surface area contributed by atoms with Crippen LogP contribution in [-0.4, -0.2) is 36.4 Å². The van der Waals surface area contributed by atoms with E-state index < -0.39 is 22.9 Å². The molecule has 1 saturated heterocycles. The van der Waals surface area contributed by atoms with E-state index in [9.17, 15) is 14.0 Å². The molecule has 1 heterocycles. The number of imide groups is 1. The average Bonchev–Trinajstić information content (AvgIpc) is 2.95. The monoisotopic (exact) mass is 387 g/mol. The topological polar surface area (TPSA) is 71.0 Å². The van der Waals surface area contributed by atoms with Crippen LogP contribution < -0.4 is 15.0 Å². The maximum absolute atomic E-state index is 14.0. The first kappa shape index (κ1) is 18.9. The molecule has 0 aliphatic carbocycles. The molecule has 140 valence electrons. The largest absolute Gasteiger partial charge is 0.497 e. The molecule has 2 aromatic carbocycles. The Kier molecular flexibility index (Phi) is 5.75. The summed E-state index contributed by atoms with van der Waals surface area (Å²) in [5.41, 5.74) is 0.750. The summed E-state index contributed by atoms with van der Waals surface area (Å²) in [4.78, 5) is 30.0. The molecule has 1 fully saturated rings. The number of hydrogen-bond acceptors (Lipinski definition) is 5. The number of methoxy groups -OCH3 is 1. The van der Waals surface area contributed by atoms with E-state index in [1.54, 1.807) is 32.4 Å². The first-order valence-electron chi connectivity index (χ1n) is 8.19. The first-order chi connectivity index (χ1) is 13.0. The summed E-state index contributed by atoms with van der Waals surface area (Å²) in [6.07, 6.45) is -0.0128. The van der Waals surface area contributed by atoms with Gasteiger partial charge in [0.25, 0.3) is 0 Å². The number of amides is 2. The Morgan fingerprint density at radius 1 is 1.22 bits per heavy atom. The highest BCUT2D eigenvalue weighted by molar-refractivity contribution is 8.15. The number of carbonyl (C=O) groups excluding carboxylic acids is 2. The van der Waals surface area contributed by atoms with Gasteiger partial charge in [-0.15, -0.1) is 0 Å². The standard InChI is InChI=1S/C19H18FN3O3S/c1-21-19(22-12-7-9-13(26-2)10-8-12)27-16-11-17(24)23(18(16)25)15-6-4-3-5-14(15)20/h3-10,16H,11H2,1-2H3,(H,21,22). The van der Waals surface area contributed by atoms with Gasteiger partial charge >= 0.3 is 0 Å². The third kappa shape index (κ3) is 4.11. The third-order valence-electron chi connectivity index (χ3n) is 4.00. The van der Waals surface area contributed by atoms with Gasteiger partial charge in [0.15, 0.2) is 5.17 Å². The van der Waals surface area contributed by atoms with Crippen LogP contribution in [0.2, 0.25) is 0 Å². The number of anilines is 2. The zero-order chi connectivity index (χ0) is 19.4.